The number of alkyl halides is 1. The second kappa shape index (κ2) is 6.36. The molecule has 1 heterocycles. The first kappa shape index (κ1) is 14.3. The van der Waals surface area contributed by atoms with Crippen LogP contribution in [0.3, 0.4) is 0 Å². The van der Waals surface area contributed by atoms with Crippen LogP contribution in [0.25, 0.3) is 0 Å². The molecule has 1 aliphatic rings. The molecule has 1 atom stereocenters. The molecule has 1 aliphatic heterocycles. The van der Waals surface area contributed by atoms with Gasteiger partial charge in [0, 0.05) is 0 Å². The van der Waals surface area contributed by atoms with Crippen LogP contribution in [0.15, 0.2) is 24.3 Å². The molecule has 4 nitrogen and oxygen atoms in total. The number of carbonyl (C=O) groups is 2. The van der Waals surface area contributed by atoms with Crippen LogP contribution < -0.4 is 21.2 Å². The molecule has 19 heavy (non-hydrogen) atoms. The van der Waals surface area contributed by atoms with E-state index in [2.05, 4.69) is 4.93 Å². The number of hydrogen-bond acceptors (Lipinski definition) is 3. The number of amides is 1. The van der Waals surface area contributed by atoms with Gasteiger partial charge < -0.3 is 0 Å². The van der Waals surface area contributed by atoms with Crippen molar-refractivity contribution in [2.45, 2.75) is 18.9 Å². The molecule has 1 aromatic carbocycles. The van der Waals surface area contributed by atoms with E-state index >= 15 is 0 Å². The molecule has 0 aromatic heterocycles. The van der Waals surface area contributed by atoms with Crippen molar-refractivity contribution in [1.29, 1.82) is 0 Å². The van der Waals surface area contributed by atoms with E-state index in [1.54, 1.807) is 4.90 Å². The van der Waals surface area contributed by atoms with E-state index in [0.29, 0.717) is 18.5 Å². The number of methoxy groups -OCH3 is 1. The predicted molar refractivity (Wildman–Crippen MR) is 67.1 cm³/mol. The molecular formula is C14H17INO3-. The Kier molecular flexibility index (Phi) is 4.79. The van der Waals surface area contributed by atoms with Crippen LogP contribution in [0.4, 0.5) is 0 Å². The first-order valence-corrected chi connectivity index (χ1v) is 9.39. The van der Waals surface area contributed by atoms with Crippen molar-refractivity contribution in [2.75, 3.05) is 18.6 Å². The van der Waals surface area contributed by atoms with Crippen LogP contribution in [0.1, 0.15) is 23.2 Å². The molecule has 2 rings (SSSR count). The Balaban J connectivity index is 2.20. The monoisotopic (exact) mass is 374 g/mol. The van der Waals surface area contributed by atoms with Crippen LogP contribution in [0, 0.1) is 3.57 Å². The van der Waals surface area contributed by atoms with Crippen LogP contribution >= 0.6 is 0 Å². The molecular weight excluding hydrogens is 357 g/mol. The van der Waals surface area contributed by atoms with E-state index in [9.17, 15) is 9.59 Å². The number of rotatable bonds is 3. The Morgan fingerprint density at radius 2 is 2.21 bits per heavy atom. The third kappa shape index (κ3) is 3.08. The zero-order valence-corrected chi connectivity index (χ0v) is 13.2. The van der Waals surface area contributed by atoms with Gasteiger partial charge in [-0.05, 0) is 0 Å². The van der Waals surface area contributed by atoms with Crippen molar-refractivity contribution in [3.8, 4) is 0 Å². The van der Waals surface area contributed by atoms with Gasteiger partial charge in [0.05, 0.1) is 0 Å². The van der Waals surface area contributed by atoms with Crippen molar-refractivity contribution in [2.24, 2.45) is 0 Å². The number of benzene rings is 1. The summed E-state index contributed by atoms with van der Waals surface area (Å²) in [4.78, 5) is 27.9. The predicted octanol–water partition coefficient (Wildman–Crippen LogP) is -1.65. The van der Waals surface area contributed by atoms with Crippen molar-refractivity contribution in [3.05, 3.63) is 33.4 Å². The van der Waals surface area contributed by atoms with E-state index in [1.165, 1.54) is 10.7 Å². The molecule has 0 radical (unpaired) electrons. The van der Waals surface area contributed by atoms with E-state index < -0.39 is 6.04 Å². The average molecular weight is 374 g/mol. The number of esters is 1. The first-order chi connectivity index (χ1) is 9.17. The quantitative estimate of drug-likeness (QED) is 0.362. The molecule has 0 aliphatic carbocycles. The van der Waals surface area contributed by atoms with Gasteiger partial charge in [-0.3, -0.25) is 0 Å². The number of nitrogens with zero attached hydrogens (tertiary/aromatic N) is 1. The minimum atomic E-state index is -0.419. The number of halogens is 1. The molecule has 1 fully saturated rings. The van der Waals surface area contributed by atoms with Crippen molar-refractivity contribution in [1.82, 2.24) is 4.90 Å². The third-order valence-electron chi connectivity index (χ3n) is 3.28. The van der Waals surface area contributed by atoms with Gasteiger partial charge in [-0.2, -0.15) is 0 Å². The van der Waals surface area contributed by atoms with Gasteiger partial charge in [-0.15, -0.1) is 0 Å². The maximum atomic E-state index is 12.5. The zero-order chi connectivity index (χ0) is 13.8. The Morgan fingerprint density at radius 1 is 1.42 bits per heavy atom. The number of likely N-dealkylation sites (tertiary alicyclic amines) is 1. The van der Waals surface area contributed by atoms with E-state index in [4.69, 9.17) is 4.74 Å². The SMILES string of the molecule is COC(=O)C1CCCN1C(=O)c1cccc([I-]C)c1. The summed E-state index contributed by atoms with van der Waals surface area (Å²) in [6.07, 6.45) is 1.55. The molecule has 1 unspecified atom stereocenters. The summed E-state index contributed by atoms with van der Waals surface area (Å²) in [5, 5.41) is 0. The fourth-order valence-corrected chi connectivity index (χ4v) is 3.51. The van der Waals surface area contributed by atoms with E-state index in [-0.39, 0.29) is 33.1 Å². The first-order valence-electron chi connectivity index (χ1n) is 6.15. The molecule has 0 spiro atoms. The molecule has 0 N–H and O–H groups in total. The van der Waals surface area contributed by atoms with Gasteiger partial charge in [0.15, 0.2) is 0 Å². The average Bonchev–Trinajstić information content (AvgIpc) is 2.95. The normalized spacial score (nSPS) is 18.6. The van der Waals surface area contributed by atoms with Gasteiger partial charge in [0.1, 0.15) is 0 Å². The van der Waals surface area contributed by atoms with Crippen LogP contribution in [-0.4, -0.2) is 41.4 Å². The molecule has 104 valence electrons. The Morgan fingerprint density at radius 3 is 2.89 bits per heavy atom. The molecule has 1 aromatic rings. The van der Waals surface area contributed by atoms with E-state index in [0.717, 1.165) is 6.42 Å². The fraction of sp³-hybridized carbons (Fsp3) is 0.429. The van der Waals surface area contributed by atoms with Crippen molar-refractivity contribution >= 4 is 11.9 Å². The standard InChI is InChI=1S/C14H17INO3/c1-15-11-6-3-5-10(9-11)13(17)16-8-4-7-12(16)14(18)19-2/h3,5-6,9,12H,4,7-8H2,1-2H3/q-1. The van der Waals surface area contributed by atoms with Gasteiger partial charge in [0.2, 0.25) is 0 Å². The summed E-state index contributed by atoms with van der Waals surface area (Å²) in [6.45, 7) is 0.629. The summed E-state index contributed by atoms with van der Waals surface area (Å²) in [6, 6.07) is 7.30. The minimum absolute atomic E-state index is 0.0358. The summed E-state index contributed by atoms with van der Waals surface area (Å²) >= 11 is -0.0358. The van der Waals surface area contributed by atoms with Gasteiger partial charge in [0.25, 0.3) is 0 Å². The van der Waals surface area contributed by atoms with E-state index in [1.807, 2.05) is 24.3 Å². The van der Waals surface area contributed by atoms with Crippen LogP contribution in [-0.2, 0) is 9.53 Å². The maximum absolute atomic E-state index is 12.5. The molecule has 1 saturated heterocycles. The van der Waals surface area contributed by atoms with Crippen LogP contribution in [0.2, 0.25) is 0 Å². The summed E-state index contributed by atoms with van der Waals surface area (Å²) in [5.41, 5.74) is 0.676. The molecule has 1 amide bonds. The molecule has 0 bridgehead atoms. The second-order valence-corrected chi connectivity index (χ2v) is 6.70. The van der Waals surface area contributed by atoms with Crippen molar-refractivity contribution < 1.29 is 35.5 Å². The fourth-order valence-electron chi connectivity index (χ4n) is 2.30. The Bertz CT molecular complexity index is 489. The zero-order valence-electron chi connectivity index (χ0n) is 11.1. The Labute approximate surface area is 123 Å². The third-order valence-corrected chi connectivity index (χ3v) is 5.19. The molecule has 5 heteroatoms. The summed E-state index contributed by atoms with van der Waals surface area (Å²) in [7, 11) is 1.37. The van der Waals surface area contributed by atoms with Crippen molar-refractivity contribution in [3.63, 3.8) is 0 Å². The molecule has 0 saturated carbocycles. The second-order valence-electron chi connectivity index (χ2n) is 4.38. The topological polar surface area (TPSA) is 46.6 Å². The summed E-state index contributed by atoms with van der Waals surface area (Å²) < 4.78 is 6.00. The van der Waals surface area contributed by atoms with Crippen LogP contribution in [0.5, 0.6) is 0 Å². The van der Waals surface area contributed by atoms with Gasteiger partial charge in [-0.25, -0.2) is 0 Å². The Hall–Kier alpha value is -1.11. The van der Waals surface area contributed by atoms with Gasteiger partial charge in [-0.1, -0.05) is 0 Å². The van der Waals surface area contributed by atoms with Gasteiger partial charge >= 0.3 is 123 Å². The number of carbonyl (C=O) groups excluding carboxylic acids is 2. The summed E-state index contributed by atoms with van der Waals surface area (Å²) in [5.74, 6) is -0.378. The number of ether oxygens (including phenoxy) is 1. The number of hydrogen-bond donors (Lipinski definition) is 0.